The largest absolute Gasteiger partial charge is 0.707 e. The van der Waals surface area contributed by atoms with E-state index in [4.69, 9.17) is 14.7 Å². The first-order valence-electron chi connectivity index (χ1n) is 6.39. The van der Waals surface area contributed by atoms with Crippen LogP contribution in [0.5, 0.6) is 5.75 Å². The number of carbonyl (C=O) groups is 1. The van der Waals surface area contributed by atoms with Crippen LogP contribution in [0.4, 0.5) is 0 Å². The zero-order valence-corrected chi connectivity index (χ0v) is 13.6. The molecule has 7 heteroatoms. The summed E-state index contributed by atoms with van der Waals surface area (Å²) in [4.78, 5) is 14.3. The topological polar surface area (TPSA) is 70.0 Å². The molecule has 0 spiro atoms. The third kappa shape index (κ3) is 4.23. The lowest BCUT2D eigenvalue weighted by molar-refractivity contribution is 0.0641. The molecule has 0 aliphatic heterocycles. The SMILES string of the molecule is CC(C)N(C(=O)c1ccc(Br)cc1OB(O)O)C(C)C. The second kappa shape index (κ2) is 7.10. The number of rotatable bonds is 5. The molecule has 0 atom stereocenters. The summed E-state index contributed by atoms with van der Waals surface area (Å²) >= 11 is 3.26. The van der Waals surface area contributed by atoms with Gasteiger partial charge in [0, 0.05) is 16.6 Å². The molecule has 0 heterocycles. The van der Waals surface area contributed by atoms with Gasteiger partial charge in [0.15, 0.2) is 0 Å². The Bertz CT molecular complexity index is 471. The van der Waals surface area contributed by atoms with Crippen LogP contribution in [-0.4, -0.2) is 40.3 Å². The van der Waals surface area contributed by atoms with Crippen LogP contribution in [0, 0.1) is 0 Å². The summed E-state index contributed by atoms with van der Waals surface area (Å²) in [5, 5.41) is 17.9. The third-order valence-corrected chi connectivity index (χ3v) is 3.25. The fraction of sp³-hybridized carbons (Fsp3) is 0.462. The molecule has 0 saturated carbocycles. The smallest absolute Gasteiger partial charge is 0.511 e. The zero-order valence-electron chi connectivity index (χ0n) is 12.0. The second-order valence-corrected chi connectivity index (χ2v) is 5.90. The Balaban J connectivity index is 3.20. The summed E-state index contributed by atoms with van der Waals surface area (Å²) < 4.78 is 5.58. The maximum atomic E-state index is 12.6. The van der Waals surface area contributed by atoms with Crippen LogP contribution in [-0.2, 0) is 0 Å². The second-order valence-electron chi connectivity index (χ2n) is 4.98. The number of hydrogen-bond donors (Lipinski definition) is 2. The first-order chi connectivity index (χ1) is 9.23. The van der Waals surface area contributed by atoms with E-state index in [0.717, 1.165) is 0 Å². The van der Waals surface area contributed by atoms with E-state index in [-0.39, 0.29) is 23.7 Å². The maximum Gasteiger partial charge on any atom is 0.707 e. The van der Waals surface area contributed by atoms with E-state index in [1.54, 1.807) is 17.0 Å². The molecule has 0 aliphatic rings. The molecule has 0 unspecified atom stereocenters. The quantitative estimate of drug-likeness (QED) is 0.803. The van der Waals surface area contributed by atoms with Crippen molar-refractivity contribution in [1.29, 1.82) is 0 Å². The molecule has 0 radical (unpaired) electrons. The molecule has 110 valence electrons. The van der Waals surface area contributed by atoms with Crippen molar-refractivity contribution in [2.75, 3.05) is 0 Å². The molecule has 1 rings (SSSR count). The van der Waals surface area contributed by atoms with Crippen molar-refractivity contribution in [1.82, 2.24) is 4.90 Å². The van der Waals surface area contributed by atoms with Gasteiger partial charge in [-0.05, 0) is 45.9 Å². The minimum atomic E-state index is -1.97. The number of carbonyl (C=O) groups excluding carboxylic acids is 1. The fourth-order valence-corrected chi connectivity index (χ4v) is 2.43. The van der Waals surface area contributed by atoms with E-state index in [9.17, 15) is 4.79 Å². The van der Waals surface area contributed by atoms with Crippen LogP contribution in [0.15, 0.2) is 22.7 Å². The van der Waals surface area contributed by atoms with Crippen molar-refractivity contribution < 1.29 is 19.5 Å². The number of halogens is 1. The van der Waals surface area contributed by atoms with Gasteiger partial charge in [-0.25, -0.2) is 0 Å². The van der Waals surface area contributed by atoms with Crippen molar-refractivity contribution in [2.45, 2.75) is 39.8 Å². The van der Waals surface area contributed by atoms with E-state index in [1.165, 1.54) is 6.07 Å². The summed E-state index contributed by atoms with van der Waals surface area (Å²) in [5.41, 5.74) is 0.295. The molecular weight excluding hydrogens is 325 g/mol. The molecule has 0 saturated heterocycles. The molecule has 1 aromatic carbocycles. The van der Waals surface area contributed by atoms with Crippen molar-refractivity contribution in [3.63, 3.8) is 0 Å². The van der Waals surface area contributed by atoms with Crippen LogP contribution in [0.2, 0.25) is 0 Å². The lowest BCUT2D eigenvalue weighted by Crippen LogP contribution is -2.42. The number of amides is 1. The van der Waals surface area contributed by atoms with Crippen LogP contribution in [0.3, 0.4) is 0 Å². The minimum Gasteiger partial charge on any atom is -0.511 e. The Hall–Kier alpha value is -1.05. The summed E-state index contributed by atoms with van der Waals surface area (Å²) in [6.45, 7) is 7.71. The summed E-state index contributed by atoms with van der Waals surface area (Å²) in [6, 6.07) is 4.90. The number of nitrogens with zero attached hydrogens (tertiary/aromatic N) is 1. The predicted molar refractivity (Wildman–Crippen MR) is 81.4 cm³/mol. The lowest BCUT2D eigenvalue weighted by Gasteiger charge is -2.31. The monoisotopic (exact) mass is 343 g/mol. The first kappa shape index (κ1) is 17.0. The standard InChI is InChI=1S/C13H19BBrNO4/c1-8(2)16(9(3)4)13(17)11-6-5-10(15)7-12(11)20-14(18)19/h5-9,18-19H,1-4H3. The summed E-state index contributed by atoms with van der Waals surface area (Å²) in [6.07, 6.45) is 0. The number of benzene rings is 1. The Morgan fingerprint density at radius 3 is 2.25 bits per heavy atom. The van der Waals surface area contributed by atoms with Gasteiger partial charge in [-0.2, -0.15) is 0 Å². The van der Waals surface area contributed by atoms with E-state index in [0.29, 0.717) is 10.0 Å². The van der Waals surface area contributed by atoms with Gasteiger partial charge in [-0.3, -0.25) is 4.79 Å². The average Bonchev–Trinajstić information content (AvgIpc) is 2.26. The van der Waals surface area contributed by atoms with E-state index in [2.05, 4.69) is 15.9 Å². The van der Waals surface area contributed by atoms with Gasteiger partial charge in [0.25, 0.3) is 5.91 Å². The van der Waals surface area contributed by atoms with Crippen LogP contribution < -0.4 is 4.65 Å². The van der Waals surface area contributed by atoms with Gasteiger partial charge in [0.1, 0.15) is 5.75 Å². The zero-order chi connectivity index (χ0) is 15.4. The summed E-state index contributed by atoms with van der Waals surface area (Å²) in [7, 11) is -1.97. The highest BCUT2D eigenvalue weighted by molar-refractivity contribution is 9.10. The molecule has 20 heavy (non-hydrogen) atoms. The predicted octanol–water partition coefficient (Wildman–Crippen LogP) is 2.06. The highest BCUT2D eigenvalue weighted by Crippen LogP contribution is 2.26. The lowest BCUT2D eigenvalue weighted by atomic mass is 10.1. The Kier molecular flexibility index (Phi) is 6.04. The van der Waals surface area contributed by atoms with Gasteiger partial charge in [-0.15, -0.1) is 0 Å². The van der Waals surface area contributed by atoms with Crippen molar-refractivity contribution in [3.05, 3.63) is 28.2 Å². The minimum absolute atomic E-state index is 0.0260. The van der Waals surface area contributed by atoms with Gasteiger partial charge < -0.3 is 19.6 Å². The molecule has 0 aliphatic carbocycles. The van der Waals surface area contributed by atoms with Crippen LogP contribution in [0.25, 0.3) is 0 Å². The Morgan fingerprint density at radius 2 is 1.80 bits per heavy atom. The van der Waals surface area contributed by atoms with E-state index in [1.807, 2.05) is 27.7 Å². The van der Waals surface area contributed by atoms with Gasteiger partial charge in [-0.1, -0.05) is 15.9 Å². The van der Waals surface area contributed by atoms with Crippen molar-refractivity contribution >= 4 is 29.2 Å². The normalized spacial score (nSPS) is 10.8. The molecule has 2 N–H and O–H groups in total. The Labute approximate surface area is 127 Å². The molecular formula is C13H19BBrNO4. The average molecular weight is 344 g/mol. The van der Waals surface area contributed by atoms with E-state index >= 15 is 0 Å². The van der Waals surface area contributed by atoms with Crippen LogP contribution in [0.1, 0.15) is 38.1 Å². The molecule has 1 amide bonds. The first-order valence-corrected chi connectivity index (χ1v) is 7.18. The summed E-state index contributed by atoms with van der Waals surface area (Å²) in [5.74, 6) is -0.0798. The van der Waals surface area contributed by atoms with E-state index < -0.39 is 7.32 Å². The van der Waals surface area contributed by atoms with Crippen molar-refractivity contribution in [2.24, 2.45) is 0 Å². The number of hydrogen-bond acceptors (Lipinski definition) is 4. The van der Waals surface area contributed by atoms with Gasteiger partial charge in [0.2, 0.25) is 0 Å². The maximum absolute atomic E-state index is 12.6. The molecule has 0 fully saturated rings. The Morgan fingerprint density at radius 1 is 1.25 bits per heavy atom. The molecule has 5 nitrogen and oxygen atoms in total. The van der Waals surface area contributed by atoms with Gasteiger partial charge >= 0.3 is 7.32 Å². The molecule has 0 aromatic heterocycles. The molecule has 0 bridgehead atoms. The fourth-order valence-electron chi connectivity index (χ4n) is 2.09. The van der Waals surface area contributed by atoms with Crippen molar-refractivity contribution in [3.8, 4) is 5.75 Å². The van der Waals surface area contributed by atoms with Crippen LogP contribution >= 0.6 is 15.9 Å². The molecule has 1 aromatic rings. The third-order valence-electron chi connectivity index (χ3n) is 2.75. The highest BCUT2D eigenvalue weighted by Gasteiger charge is 2.26. The van der Waals surface area contributed by atoms with Gasteiger partial charge in [0.05, 0.1) is 5.56 Å². The highest BCUT2D eigenvalue weighted by atomic mass is 79.9.